The van der Waals surface area contributed by atoms with Crippen molar-refractivity contribution in [2.45, 2.75) is 11.9 Å². The molecule has 8 nitrogen and oxygen atoms in total. The molecular weight excluding hydrogens is 426 g/mol. The first-order valence-corrected chi connectivity index (χ1v) is 10.7. The second-order valence-corrected chi connectivity index (χ2v) is 7.58. The van der Waals surface area contributed by atoms with Gasteiger partial charge < -0.3 is 21.3 Å². The van der Waals surface area contributed by atoms with Crippen LogP contribution in [0.15, 0.2) is 69.5 Å². The van der Waals surface area contributed by atoms with Gasteiger partial charge in [0.25, 0.3) is 5.56 Å². The van der Waals surface area contributed by atoms with Crippen molar-refractivity contribution in [3.8, 4) is 28.3 Å². The fraction of sp³-hybridized carbons (Fsp3) is 0.130. The standard InChI is InChI=1S/C23H21N5O3S/c1-2-31-23(30)20-19(16-10-6-9-15(11-16)14-7-4-3-5-8-14)17(12-24)22(27-21(20)29)32-13-18(25)28-26/h3-11H,2,13,26H2,1H3,(H2,25,28)(H,27,29). The fourth-order valence-corrected chi connectivity index (χ4v) is 3.97. The van der Waals surface area contributed by atoms with Gasteiger partial charge in [-0.3, -0.25) is 4.79 Å². The van der Waals surface area contributed by atoms with Crippen LogP contribution in [0.1, 0.15) is 22.8 Å². The summed E-state index contributed by atoms with van der Waals surface area (Å²) in [6.45, 7) is 1.73. The molecule has 2 aromatic carbocycles. The van der Waals surface area contributed by atoms with E-state index < -0.39 is 11.5 Å². The lowest BCUT2D eigenvalue weighted by molar-refractivity contribution is 0.0525. The SMILES string of the molecule is CCOC(=O)c1c(-c2cccc(-c3ccccc3)c2)c(C#N)c(SC/C(N)=N/N)[nH]c1=O. The molecule has 0 unspecified atom stereocenters. The number of amidine groups is 1. The molecule has 0 fully saturated rings. The number of carbonyl (C=O) groups excluding carboxylic acids is 1. The highest BCUT2D eigenvalue weighted by atomic mass is 32.2. The number of hydrogen-bond donors (Lipinski definition) is 3. The number of aromatic nitrogens is 1. The van der Waals surface area contributed by atoms with Gasteiger partial charge >= 0.3 is 5.97 Å². The fourth-order valence-electron chi connectivity index (χ4n) is 3.15. The number of esters is 1. The Kier molecular flexibility index (Phi) is 7.31. The maximum Gasteiger partial charge on any atom is 0.344 e. The molecule has 1 heterocycles. The first-order chi connectivity index (χ1) is 15.5. The maximum absolute atomic E-state index is 12.9. The minimum Gasteiger partial charge on any atom is -0.462 e. The maximum atomic E-state index is 12.9. The number of carbonyl (C=O) groups is 1. The van der Waals surface area contributed by atoms with E-state index in [9.17, 15) is 14.9 Å². The molecular formula is C23H21N5O3S. The van der Waals surface area contributed by atoms with Crippen LogP contribution in [0.5, 0.6) is 0 Å². The molecule has 0 atom stereocenters. The van der Waals surface area contributed by atoms with Gasteiger partial charge in [0.1, 0.15) is 17.5 Å². The number of hydrogen-bond acceptors (Lipinski definition) is 7. The zero-order valence-electron chi connectivity index (χ0n) is 17.3. The Morgan fingerprint density at radius 3 is 2.50 bits per heavy atom. The lowest BCUT2D eigenvalue weighted by atomic mass is 9.94. The number of nitrogens with zero attached hydrogens (tertiary/aromatic N) is 2. The molecule has 0 amide bonds. The van der Waals surface area contributed by atoms with Gasteiger partial charge in [-0.05, 0) is 29.7 Å². The van der Waals surface area contributed by atoms with Crippen molar-refractivity contribution >= 4 is 23.6 Å². The van der Waals surface area contributed by atoms with E-state index in [-0.39, 0.29) is 39.9 Å². The molecule has 162 valence electrons. The van der Waals surface area contributed by atoms with Crippen molar-refractivity contribution in [1.82, 2.24) is 4.98 Å². The summed E-state index contributed by atoms with van der Waals surface area (Å²) in [6, 6.07) is 19.1. The Morgan fingerprint density at radius 2 is 1.84 bits per heavy atom. The number of aromatic amines is 1. The van der Waals surface area contributed by atoms with Crippen LogP contribution in [0, 0.1) is 11.3 Å². The molecule has 0 aliphatic rings. The molecule has 32 heavy (non-hydrogen) atoms. The predicted molar refractivity (Wildman–Crippen MR) is 125 cm³/mol. The number of benzene rings is 2. The van der Waals surface area contributed by atoms with Crippen molar-refractivity contribution in [1.29, 1.82) is 5.26 Å². The van der Waals surface area contributed by atoms with E-state index in [0.717, 1.165) is 22.9 Å². The highest BCUT2D eigenvalue weighted by molar-refractivity contribution is 8.00. The first kappa shape index (κ1) is 22.7. The summed E-state index contributed by atoms with van der Waals surface area (Å²) in [5.74, 6) is 4.67. The Balaban J connectivity index is 2.26. The average molecular weight is 448 g/mol. The number of nitrogens with one attached hydrogen (secondary N) is 1. The summed E-state index contributed by atoms with van der Waals surface area (Å²) in [6.07, 6.45) is 0. The zero-order valence-corrected chi connectivity index (χ0v) is 18.1. The summed E-state index contributed by atoms with van der Waals surface area (Å²) in [5, 5.41) is 13.6. The predicted octanol–water partition coefficient (Wildman–Crippen LogP) is 3.08. The number of nitriles is 1. The number of hydrazone groups is 1. The smallest absolute Gasteiger partial charge is 0.344 e. The van der Waals surface area contributed by atoms with Gasteiger partial charge in [0.2, 0.25) is 0 Å². The van der Waals surface area contributed by atoms with Crippen molar-refractivity contribution in [2.24, 2.45) is 16.7 Å². The number of rotatable bonds is 7. The normalized spacial score (nSPS) is 11.1. The van der Waals surface area contributed by atoms with Crippen LogP contribution in [0.25, 0.3) is 22.3 Å². The number of pyridine rings is 1. The third-order valence-electron chi connectivity index (χ3n) is 4.56. The van der Waals surface area contributed by atoms with E-state index in [2.05, 4.69) is 16.2 Å². The van der Waals surface area contributed by atoms with Gasteiger partial charge in [0.15, 0.2) is 0 Å². The highest BCUT2D eigenvalue weighted by Crippen LogP contribution is 2.34. The van der Waals surface area contributed by atoms with Crippen LogP contribution in [0.2, 0.25) is 0 Å². The van der Waals surface area contributed by atoms with E-state index in [4.69, 9.17) is 16.3 Å². The summed E-state index contributed by atoms with van der Waals surface area (Å²) < 4.78 is 5.11. The van der Waals surface area contributed by atoms with Crippen LogP contribution >= 0.6 is 11.8 Å². The Morgan fingerprint density at radius 1 is 1.16 bits per heavy atom. The van der Waals surface area contributed by atoms with Gasteiger partial charge in [0.05, 0.1) is 22.9 Å². The summed E-state index contributed by atoms with van der Waals surface area (Å²) in [7, 11) is 0. The van der Waals surface area contributed by atoms with E-state index in [0.29, 0.717) is 5.56 Å². The van der Waals surface area contributed by atoms with Crippen molar-refractivity contribution in [2.75, 3.05) is 12.4 Å². The zero-order chi connectivity index (χ0) is 23.1. The molecule has 0 bridgehead atoms. The molecule has 3 aromatic rings. The molecule has 5 N–H and O–H groups in total. The van der Waals surface area contributed by atoms with Crippen LogP contribution in [0.4, 0.5) is 0 Å². The lowest BCUT2D eigenvalue weighted by Crippen LogP contribution is -2.24. The third-order valence-corrected chi connectivity index (χ3v) is 5.60. The number of nitrogens with two attached hydrogens (primary N) is 2. The van der Waals surface area contributed by atoms with Crippen LogP contribution < -0.4 is 17.1 Å². The van der Waals surface area contributed by atoms with E-state index in [1.54, 1.807) is 19.1 Å². The minimum atomic E-state index is -0.801. The molecule has 0 radical (unpaired) electrons. The van der Waals surface area contributed by atoms with Gasteiger partial charge in [-0.15, -0.1) is 0 Å². The summed E-state index contributed by atoms with van der Waals surface area (Å²) in [4.78, 5) is 28.2. The summed E-state index contributed by atoms with van der Waals surface area (Å²) in [5.41, 5.74) is 7.48. The van der Waals surface area contributed by atoms with Gasteiger partial charge in [-0.25, -0.2) is 4.79 Å². The Hall–Kier alpha value is -4.03. The quantitative estimate of drug-likeness (QED) is 0.126. The monoisotopic (exact) mass is 447 g/mol. The Labute approximate surface area is 188 Å². The third kappa shape index (κ3) is 4.82. The largest absolute Gasteiger partial charge is 0.462 e. The van der Waals surface area contributed by atoms with Crippen molar-refractivity contribution in [3.63, 3.8) is 0 Å². The number of H-pyrrole nitrogens is 1. The molecule has 0 saturated heterocycles. The molecule has 9 heteroatoms. The first-order valence-electron chi connectivity index (χ1n) is 9.68. The Bertz CT molecular complexity index is 1260. The molecule has 1 aromatic heterocycles. The molecule has 0 spiro atoms. The molecule has 0 aliphatic carbocycles. The second kappa shape index (κ2) is 10.3. The lowest BCUT2D eigenvalue weighted by Gasteiger charge is -2.14. The van der Waals surface area contributed by atoms with Crippen LogP contribution in [-0.4, -0.2) is 29.1 Å². The van der Waals surface area contributed by atoms with Gasteiger partial charge in [-0.1, -0.05) is 60.3 Å². The van der Waals surface area contributed by atoms with Crippen LogP contribution in [0.3, 0.4) is 0 Å². The van der Waals surface area contributed by atoms with Crippen molar-refractivity contribution in [3.05, 3.63) is 76.1 Å². The van der Waals surface area contributed by atoms with Crippen molar-refractivity contribution < 1.29 is 9.53 Å². The molecule has 3 rings (SSSR count). The van der Waals surface area contributed by atoms with E-state index in [1.165, 1.54) is 0 Å². The second-order valence-electron chi connectivity index (χ2n) is 6.60. The molecule has 0 saturated carbocycles. The van der Waals surface area contributed by atoms with E-state index >= 15 is 0 Å². The summed E-state index contributed by atoms with van der Waals surface area (Å²) >= 11 is 1.10. The topological polar surface area (TPSA) is 147 Å². The minimum absolute atomic E-state index is 0.0870. The number of ether oxygens (including phenoxy) is 1. The van der Waals surface area contributed by atoms with Gasteiger partial charge in [0, 0.05) is 5.56 Å². The molecule has 0 aliphatic heterocycles. The van der Waals surface area contributed by atoms with Gasteiger partial charge in [-0.2, -0.15) is 10.4 Å². The van der Waals surface area contributed by atoms with E-state index in [1.807, 2.05) is 42.5 Å². The number of thioether (sulfide) groups is 1. The van der Waals surface area contributed by atoms with Crippen LogP contribution in [-0.2, 0) is 4.74 Å². The average Bonchev–Trinajstić information content (AvgIpc) is 2.82. The highest BCUT2D eigenvalue weighted by Gasteiger charge is 2.25.